The lowest BCUT2D eigenvalue weighted by Gasteiger charge is -2.31. The highest BCUT2D eigenvalue weighted by Gasteiger charge is 2.28. The fraction of sp³-hybridized carbons (Fsp3) is 0.208. The molecular weight excluding hydrogens is 362 g/mol. The molecular formula is C24H23N3O2. The summed E-state index contributed by atoms with van der Waals surface area (Å²) in [6, 6.07) is 23.3. The van der Waals surface area contributed by atoms with Gasteiger partial charge < -0.3 is 5.32 Å². The lowest BCUT2D eigenvalue weighted by Crippen LogP contribution is -2.38. The minimum Gasteiger partial charge on any atom is -0.348 e. The molecule has 3 aromatic rings. The number of aromatic nitrogens is 1. The van der Waals surface area contributed by atoms with E-state index in [1.807, 2.05) is 48.5 Å². The van der Waals surface area contributed by atoms with Crippen LogP contribution in [0.25, 0.3) is 0 Å². The van der Waals surface area contributed by atoms with E-state index in [0.717, 1.165) is 12.0 Å². The van der Waals surface area contributed by atoms with Crippen molar-refractivity contribution < 1.29 is 9.59 Å². The van der Waals surface area contributed by atoms with E-state index < -0.39 is 0 Å². The molecule has 0 radical (unpaired) electrons. The van der Waals surface area contributed by atoms with Crippen molar-refractivity contribution in [2.75, 3.05) is 11.4 Å². The number of piperidine rings is 1. The van der Waals surface area contributed by atoms with E-state index in [1.165, 1.54) is 5.56 Å². The molecule has 0 bridgehead atoms. The maximum Gasteiger partial charge on any atom is 0.251 e. The van der Waals surface area contributed by atoms with Gasteiger partial charge in [-0.25, -0.2) is 4.98 Å². The van der Waals surface area contributed by atoms with Crippen LogP contribution >= 0.6 is 0 Å². The van der Waals surface area contributed by atoms with Gasteiger partial charge in [0.25, 0.3) is 5.91 Å². The van der Waals surface area contributed by atoms with Gasteiger partial charge in [-0.05, 0) is 35.6 Å². The van der Waals surface area contributed by atoms with Gasteiger partial charge in [-0.2, -0.15) is 0 Å². The van der Waals surface area contributed by atoms with Crippen LogP contribution in [0.5, 0.6) is 0 Å². The van der Waals surface area contributed by atoms with Gasteiger partial charge in [-0.3, -0.25) is 14.5 Å². The van der Waals surface area contributed by atoms with Gasteiger partial charge in [0.05, 0.1) is 0 Å². The smallest absolute Gasteiger partial charge is 0.251 e. The summed E-state index contributed by atoms with van der Waals surface area (Å²) in [6.07, 6.45) is 2.92. The predicted octanol–water partition coefficient (Wildman–Crippen LogP) is 3.92. The molecule has 1 saturated heterocycles. The van der Waals surface area contributed by atoms with Crippen molar-refractivity contribution in [3.8, 4) is 0 Å². The minimum atomic E-state index is -0.177. The van der Waals surface area contributed by atoms with Crippen LogP contribution in [0.4, 0.5) is 5.82 Å². The van der Waals surface area contributed by atoms with Crippen LogP contribution in [0.1, 0.15) is 40.2 Å². The largest absolute Gasteiger partial charge is 0.348 e. The molecule has 1 unspecified atom stereocenters. The predicted molar refractivity (Wildman–Crippen MR) is 113 cm³/mol. The Morgan fingerprint density at radius 2 is 1.76 bits per heavy atom. The van der Waals surface area contributed by atoms with Crippen molar-refractivity contribution in [1.29, 1.82) is 0 Å². The van der Waals surface area contributed by atoms with Crippen LogP contribution in [0, 0.1) is 0 Å². The molecule has 1 aliphatic rings. The van der Waals surface area contributed by atoms with E-state index >= 15 is 0 Å². The van der Waals surface area contributed by atoms with Gasteiger partial charge in [0, 0.05) is 31.3 Å². The van der Waals surface area contributed by atoms with Gasteiger partial charge in [0.2, 0.25) is 5.91 Å². The van der Waals surface area contributed by atoms with Crippen LogP contribution in [0.15, 0.2) is 79.0 Å². The summed E-state index contributed by atoms with van der Waals surface area (Å²) in [5, 5.41) is 2.91. The van der Waals surface area contributed by atoms with E-state index in [1.54, 1.807) is 23.2 Å². The number of amides is 2. The monoisotopic (exact) mass is 385 g/mol. The summed E-state index contributed by atoms with van der Waals surface area (Å²) < 4.78 is 0. The number of benzene rings is 2. The van der Waals surface area contributed by atoms with Gasteiger partial charge in [0.1, 0.15) is 5.82 Å². The van der Waals surface area contributed by atoms with Gasteiger partial charge in [-0.1, -0.05) is 60.7 Å². The summed E-state index contributed by atoms with van der Waals surface area (Å²) in [5.41, 5.74) is 2.74. The SMILES string of the molecule is O=C(NCc1ccccc1)c1ccnc(N2CCC(c3ccccc3)CC2=O)c1. The number of nitrogens with zero attached hydrogens (tertiary/aromatic N) is 2. The van der Waals surface area contributed by atoms with Crippen molar-refractivity contribution >= 4 is 17.6 Å². The summed E-state index contributed by atoms with van der Waals surface area (Å²) >= 11 is 0. The van der Waals surface area contributed by atoms with Crippen molar-refractivity contribution in [3.63, 3.8) is 0 Å². The number of rotatable bonds is 5. The quantitative estimate of drug-likeness (QED) is 0.724. The Labute approximate surface area is 170 Å². The molecule has 2 amide bonds. The van der Waals surface area contributed by atoms with Crippen LogP contribution in [0.2, 0.25) is 0 Å². The minimum absolute atomic E-state index is 0.0412. The Bertz CT molecular complexity index is 989. The summed E-state index contributed by atoms with van der Waals surface area (Å²) in [5.74, 6) is 0.634. The molecule has 146 valence electrons. The lowest BCUT2D eigenvalue weighted by molar-refractivity contribution is -0.120. The van der Waals surface area contributed by atoms with Gasteiger partial charge in [-0.15, -0.1) is 0 Å². The molecule has 0 aliphatic carbocycles. The number of carbonyl (C=O) groups is 2. The zero-order valence-electron chi connectivity index (χ0n) is 16.1. The molecule has 2 aromatic carbocycles. The maximum atomic E-state index is 12.8. The first-order chi connectivity index (χ1) is 14.2. The number of hydrogen-bond donors (Lipinski definition) is 1. The molecule has 1 N–H and O–H groups in total. The normalized spacial score (nSPS) is 16.5. The molecule has 0 saturated carbocycles. The Hall–Kier alpha value is -3.47. The molecule has 0 spiro atoms. The third-order valence-corrected chi connectivity index (χ3v) is 5.27. The van der Waals surface area contributed by atoms with Crippen LogP contribution in [-0.2, 0) is 11.3 Å². The number of hydrogen-bond acceptors (Lipinski definition) is 3. The molecule has 2 heterocycles. The number of anilines is 1. The molecule has 1 aromatic heterocycles. The maximum absolute atomic E-state index is 12.8. The zero-order valence-corrected chi connectivity index (χ0v) is 16.1. The van der Waals surface area contributed by atoms with Crippen molar-refractivity contribution in [2.24, 2.45) is 0 Å². The molecule has 1 aliphatic heterocycles. The average molecular weight is 385 g/mol. The Morgan fingerprint density at radius 1 is 1.03 bits per heavy atom. The molecule has 1 atom stereocenters. The molecule has 29 heavy (non-hydrogen) atoms. The van der Waals surface area contributed by atoms with Gasteiger partial charge >= 0.3 is 0 Å². The highest BCUT2D eigenvalue weighted by atomic mass is 16.2. The molecule has 5 heteroatoms. The highest BCUT2D eigenvalue weighted by molar-refractivity contribution is 5.97. The van der Waals surface area contributed by atoms with Gasteiger partial charge in [0.15, 0.2) is 0 Å². The molecule has 1 fully saturated rings. The topological polar surface area (TPSA) is 62.3 Å². The van der Waals surface area contributed by atoms with Crippen molar-refractivity contribution in [1.82, 2.24) is 10.3 Å². The standard InChI is InChI=1S/C24H23N3O2/c28-23-16-20(19-9-5-2-6-10-19)12-14-27(23)22-15-21(11-13-25-22)24(29)26-17-18-7-3-1-4-8-18/h1-11,13,15,20H,12,14,16-17H2,(H,26,29). The Morgan fingerprint density at radius 3 is 2.48 bits per heavy atom. The fourth-order valence-electron chi connectivity index (χ4n) is 3.67. The fourth-order valence-corrected chi connectivity index (χ4v) is 3.67. The summed E-state index contributed by atoms with van der Waals surface area (Å²) in [6.45, 7) is 1.05. The molecule has 5 nitrogen and oxygen atoms in total. The van der Waals surface area contributed by atoms with Crippen LogP contribution < -0.4 is 10.2 Å². The number of carbonyl (C=O) groups excluding carboxylic acids is 2. The third kappa shape index (κ3) is 4.51. The zero-order chi connectivity index (χ0) is 20.1. The first-order valence-electron chi connectivity index (χ1n) is 9.84. The van der Waals surface area contributed by atoms with E-state index in [-0.39, 0.29) is 17.7 Å². The Kier molecular flexibility index (Phi) is 5.66. The molecule has 4 rings (SSSR count). The summed E-state index contributed by atoms with van der Waals surface area (Å²) in [7, 11) is 0. The second-order valence-electron chi connectivity index (χ2n) is 7.22. The second-order valence-corrected chi connectivity index (χ2v) is 7.22. The average Bonchev–Trinajstić information content (AvgIpc) is 2.79. The van der Waals surface area contributed by atoms with E-state index in [9.17, 15) is 9.59 Å². The van der Waals surface area contributed by atoms with Crippen molar-refractivity contribution in [2.45, 2.75) is 25.3 Å². The van der Waals surface area contributed by atoms with Crippen molar-refractivity contribution in [3.05, 3.63) is 95.7 Å². The van der Waals surface area contributed by atoms with E-state index in [0.29, 0.717) is 30.9 Å². The lowest BCUT2D eigenvalue weighted by atomic mass is 9.89. The first kappa shape index (κ1) is 18.9. The first-order valence-corrected chi connectivity index (χ1v) is 9.84. The second kappa shape index (κ2) is 8.69. The highest BCUT2D eigenvalue weighted by Crippen LogP contribution is 2.30. The number of pyridine rings is 1. The summed E-state index contributed by atoms with van der Waals surface area (Å²) in [4.78, 5) is 31.3. The number of nitrogens with one attached hydrogen (secondary N) is 1. The van der Waals surface area contributed by atoms with E-state index in [4.69, 9.17) is 0 Å². The van der Waals surface area contributed by atoms with E-state index in [2.05, 4.69) is 22.4 Å². The van der Waals surface area contributed by atoms with Crippen LogP contribution in [0.3, 0.4) is 0 Å². The third-order valence-electron chi connectivity index (χ3n) is 5.27. The Balaban J connectivity index is 1.42. The van der Waals surface area contributed by atoms with Crippen LogP contribution in [-0.4, -0.2) is 23.3 Å².